The molecule has 2 N–H and O–H groups in total. The normalized spacial score (nSPS) is 19.1. The second-order valence-corrected chi connectivity index (χ2v) is 8.12. The Morgan fingerprint density at radius 1 is 1.08 bits per heavy atom. The third-order valence-corrected chi connectivity index (χ3v) is 6.24. The number of aryl methyl sites for hydroxylation is 1. The van der Waals surface area contributed by atoms with Gasteiger partial charge in [-0.25, -0.2) is 4.68 Å². The Morgan fingerprint density at radius 3 is 2.46 bits per heavy atom. The highest BCUT2D eigenvalue weighted by Gasteiger charge is 2.36. The number of amides is 1. The van der Waals surface area contributed by atoms with Crippen molar-refractivity contribution < 1.29 is 4.79 Å². The Kier molecular flexibility index (Phi) is 5.03. The molecule has 2 aliphatic rings. The maximum atomic E-state index is 12.6. The molecule has 0 radical (unpaired) electrons. The van der Waals surface area contributed by atoms with Crippen molar-refractivity contribution >= 4 is 17.5 Å². The maximum absolute atomic E-state index is 12.6. The molecule has 0 unspecified atom stereocenters. The van der Waals surface area contributed by atoms with Crippen molar-refractivity contribution in [1.82, 2.24) is 9.78 Å². The van der Waals surface area contributed by atoms with Crippen molar-refractivity contribution in [3.8, 4) is 5.69 Å². The molecule has 2 aliphatic carbocycles. The minimum absolute atomic E-state index is 0.208. The zero-order valence-corrected chi connectivity index (χ0v) is 15.8. The lowest BCUT2D eigenvalue weighted by molar-refractivity contribution is -0.121. The van der Waals surface area contributed by atoms with Gasteiger partial charge in [-0.1, -0.05) is 30.9 Å². The molecular weight excluding hydrogens is 346 g/mol. The molecule has 1 atom stereocenters. The number of halogens is 1. The summed E-state index contributed by atoms with van der Waals surface area (Å²) in [5.41, 5.74) is 10.4. The summed E-state index contributed by atoms with van der Waals surface area (Å²) in [4.78, 5) is 12.6. The number of carbonyl (C=O) groups excluding carboxylic acids is 1. The minimum atomic E-state index is -0.250. The fraction of sp³-hybridized carbons (Fsp3) is 0.524. The average molecular weight is 372 g/mol. The van der Waals surface area contributed by atoms with Crippen molar-refractivity contribution in [3.63, 3.8) is 0 Å². The van der Waals surface area contributed by atoms with Gasteiger partial charge in [-0.15, -0.1) is 0 Å². The van der Waals surface area contributed by atoms with Crippen LogP contribution in [0.15, 0.2) is 24.3 Å². The van der Waals surface area contributed by atoms with Gasteiger partial charge in [0.05, 0.1) is 23.0 Å². The number of primary amides is 1. The van der Waals surface area contributed by atoms with Gasteiger partial charge in [0.1, 0.15) is 0 Å². The van der Waals surface area contributed by atoms with E-state index >= 15 is 0 Å². The molecule has 1 fully saturated rings. The lowest BCUT2D eigenvalue weighted by atomic mass is 9.76. The van der Waals surface area contributed by atoms with E-state index in [-0.39, 0.29) is 11.8 Å². The van der Waals surface area contributed by atoms with E-state index in [0.717, 1.165) is 55.6 Å². The van der Waals surface area contributed by atoms with Gasteiger partial charge in [-0.2, -0.15) is 5.10 Å². The van der Waals surface area contributed by atoms with E-state index in [9.17, 15) is 4.79 Å². The predicted octanol–water partition coefficient (Wildman–Crippen LogP) is 4.55. The second-order valence-electron chi connectivity index (χ2n) is 7.68. The summed E-state index contributed by atoms with van der Waals surface area (Å²) in [5.74, 6) is -0.129. The SMILES string of the molecule is NC(=O)[C@@H](c1c2c(nn1-c1ccc(Cl)cc1)CCCC2)C1CCCCC1. The molecule has 5 heteroatoms. The molecule has 2 aromatic rings. The first kappa shape index (κ1) is 17.6. The van der Waals surface area contributed by atoms with E-state index in [4.69, 9.17) is 22.4 Å². The van der Waals surface area contributed by atoms with Crippen LogP contribution in [0.1, 0.15) is 67.8 Å². The molecular formula is C21H26ClN3O. The number of hydrogen-bond donors (Lipinski definition) is 1. The fourth-order valence-electron chi connectivity index (χ4n) is 4.73. The highest BCUT2D eigenvalue weighted by molar-refractivity contribution is 6.30. The number of fused-ring (bicyclic) bond motifs is 1. The third-order valence-electron chi connectivity index (χ3n) is 5.99. The molecule has 4 nitrogen and oxygen atoms in total. The second kappa shape index (κ2) is 7.43. The molecule has 26 heavy (non-hydrogen) atoms. The largest absolute Gasteiger partial charge is 0.369 e. The quantitative estimate of drug-likeness (QED) is 0.856. The number of carbonyl (C=O) groups is 1. The fourth-order valence-corrected chi connectivity index (χ4v) is 4.86. The summed E-state index contributed by atoms with van der Waals surface area (Å²) >= 11 is 6.07. The molecule has 4 rings (SSSR count). The van der Waals surface area contributed by atoms with Crippen LogP contribution in [-0.2, 0) is 17.6 Å². The Labute approximate surface area is 159 Å². The Hall–Kier alpha value is -1.81. The van der Waals surface area contributed by atoms with Crippen LogP contribution in [0.5, 0.6) is 0 Å². The van der Waals surface area contributed by atoms with Crippen LogP contribution in [-0.4, -0.2) is 15.7 Å². The summed E-state index contributed by atoms with van der Waals surface area (Å²) in [6.45, 7) is 0. The summed E-state index contributed by atoms with van der Waals surface area (Å²) in [5, 5.41) is 5.61. The number of aromatic nitrogens is 2. The van der Waals surface area contributed by atoms with Gasteiger partial charge in [-0.3, -0.25) is 4.79 Å². The van der Waals surface area contributed by atoms with Gasteiger partial charge in [0.15, 0.2) is 0 Å². The highest BCUT2D eigenvalue weighted by Crippen LogP contribution is 2.40. The summed E-state index contributed by atoms with van der Waals surface area (Å²) in [7, 11) is 0. The summed E-state index contributed by atoms with van der Waals surface area (Å²) < 4.78 is 1.98. The van der Waals surface area contributed by atoms with Gasteiger partial charge < -0.3 is 5.73 Å². The number of hydrogen-bond acceptors (Lipinski definition) is 2. The summed E-state index contributed by atoms with van der Waals surface area (Å²) in [6, 6.07) is 7.70. The molecule has 1 aromatic carbocycles. The topological polar surface area (TPSA) is 60.9 Å². The Bertz CT molecular complexity index is 790. The van der Waals surface area contributed by atoms with E-state index in [1.807, 2.05) is 28.9 Å². The molecule has 1 amide bonds. The molecule has 1 heterocycles. The smallest absolute Gasteiger partial charge is 0.226 e. The van der Waals surface area contributed by atoms with Crippen LogP contribution in [0.3, 0.4) is 0 Å². The van der Waals surface area contributed by atoms with Crippen molar-refractivity contribution in [1.29, 1.82) is 0 Å². The van der Waals surface area contributed by atoms with E-state index in [0.29, 0.717) is 10.9 Å². The molecule has 1 aromatic heterocycles. The first-order valence-electron chi connectivity index (χ1n) is 9.81. The summed E-state index contributed by atoms with van der Waals surface area (Å²) in [6.07, 6.45) is 10.1. The predicted molar refractivity (Wildman–Crippen MR) is 104 cm³/mol. The van der Waals surface area contributed by atoms with Gasteiger partial charge >= 0.3 is 0 Å². The van der Waals surface area contributed by atoms with Gasteiger partial charge in [0, 0.05) is 5.02 Å². The van der Waals surface area contributed by atoms with Crippen LogP contribution >= 0.6 is 11.6 Å². The molecule has 138 valence electrons. The molecule has 0 bridgehead atoms. The van der Waals surface area contributed by atoms with Crippen LogP contribution in [0.2, 0.25) is 5.02 Å². The van der Waals surface area contributed by atoms with Crippen LogP contribution < -0.4 is 5.73 Å². The monoisotopic (exact) mass is 371 g/mol. The molecule has 1 saturated carbocycles. The number of benzene rings is 1. The molecule has 0 saturated heterocycles. The van der Waals surface area contributed by atoms with Crippen molar-refractivity contribution in [2.24, 2.45) is 11.7 Å². The van der Waals surface area contributed by atoms with E-state index in [2.05, 4.69) is 0 Å². The van der Waals surface area contributed by atoms with E-state index in [1.165, 1.54) is 24.8 Å². The van der Waals surface area contributed by atoms with Gasteiger partial charge in [0.25, 0.3) is 0 Å². The van der Waals surface area contributed by atoms with Crippen molar-refractivity contribution in [2.75, 3.05) is 0 Å². The van der Waals surface area contributed by atoms with E-state index < -0.39 is 0 Å². The first-order valence-corrected chi connectivity index (χ1v) is 10.2. The number of rotatable bonds is 4. The van der Waals surface area contributed by atoms with E-state index in [1.54, 1.807) is 0 Å². The lowest BCUT2D eigenvalue weighted by Crippen LogP contribution is -2.32. The van der Waals surface area contributed by atoms with Crippen LogP contribution in [0, 0.1) is 5.92 Å². The molecule has 0 spiro atoms. The first-order chi connectivity index (χ1) is 12.6. The zero-order chi connectivity index (χ0) is 18.1. The Balaban J connectivity index is 1.85. The highest BCUT2D eigenvalue weighted by atomic mass is 35.5. The van der Waals surface area contributed by atoms with Crippen molar-refractivity contribution in [3.05, 3.63) is 46.2 Å². The average Bonchev–Trinajstić information content (AvgIpc) is 3.03. The minimum Gasteiger partial charge on any atom is -0.369 e. The number of nitrogens with two attached hydrogens (primary N) is 1. The maximum Gasteiger partial charge on any atom is 0.226 e. The molecule has 0 aliphatic heterocycles. The van der Waals surface area contributed by atoms with Crippen LogP contribution in [0.25, 0.3) is 5.69 Å². The standard InChI is InChI=1S/C21H26ClN3O/c22-15-10-12-16(13-11-15)25-20(17-8-4-5-9-18(17)24-25)19(21(23)26)14-6-2-1-3-7-14/h10-14,19H,1-9H2,(H2,23,26)/t19-/m1/s1. The van der Waals surface area contributed by atoms with Gasteiger partial charge in [0.2, 0.25) is 5.91 Å². The van der Waals surface area contributed by atoms with Crippen LogP contribution in [0.4, 0.5) is 0 Å². The van der Waals surface area contributed by atoms with Gasteiger partial charge in [-0.05, 0) is 74.3 Å². The Morgan fingerprint density at radius 2 is 1.77 bits per heavy atom. The van der Waals surface area contributed by atoms with Crippen molar-refractivity contribution in [2.45, 2.75) is 63.7 Å². The zero-order valence-electron chi connectivity index (χ0n) is 15.1. The third kappa shape index (κ3) is 3.27. The number of nitrogens with zero attached hydrogens (tertiary/aromatic N) is 2. The lowest BCUT2D eigenvalue weighted by Gasteiger charge is -2.29.